The summed E-state index contributed by atoms with van der Waals surface area (Å²) in [6.45, 7) is 3.62. The number of hydrogen-bond acceptors (Lipinski definition) is 4. The number of anilines is 1. The zero-order valence-corrected chi connectivity index (χ0v) is 13.1. The normalized spacial score (nSPS) is 16.7. The van der Waals surface area contributed by atoms with Crippen molar-refractivity contribution >= 4 is 29.0 Å². The second-order valence-electron chi connectivity index (χ2n) is 5.29. The standard InChI is InChI=1S/C15H20ClN3O2/c1-3-11(14(20)21)9(2)12-8-17-15(16)19-13(12)18-10-6-4-5-7-10/h8,10H,3-7H2,1-2H3,(H,20,21)(H,17,18,19)/b11-9+. The van der Waals surface area contributed by atoms with E-state index in [2.05, 4.69) is 15.3 Å². The molecule has 1 saturated carbocycles. The van der Waals surface area contributed by atoms with E-state index in [-0.39, 0.29) is 5.28 Å². The van der Waals surface area contributed by atoms with Crippen LogP contribution in [0.3, 0.4) is 0 Å². The highest BCUT2D eigenvalue weighted by atomic mass is 35.5. The first-order chi connectivity index (χ1) is 10.0. The van der Waals surface area contributed by atoms with Gasteiger partial charge in [-0.15, -0.1) is 0 Å². The summed E-state index contributed by atoms with van der Waals surface area (Å²) < 4.78 is 0. The van der Waals surface area contributed by atoms with Gasteiger partial charge < -0.3 is 10.4 Å². The number of aromatic nitrogens is 2. The van der Waals surface area contributed by atoms with E-state index in [1.54, 1.807) is 13.1 Å². The molecule has 2 N–H and O–H groups in total. The maximum atomic E-state index is 11.3. The number of nitrogens with one attached hydrogen (secondary N) is 1. The van der Waals surface area contributed by atoms with Crippen molar-refractivity contribution in [3.05, 3.63) is 22.6 Å². The van der Waals surface area contributed by atoms with Crippen molar-refractivity contribution in [3.63, 3.8) is 0 Å². The molecule has 0 unspecified atom stereocenters. The summed E-state index contributed by atoms with van der Waals surface area (Å²) in [5.74, 6) is -0.275. The van der Waals surface area contributed by atoms with E-state index in [1.807, 2.05) is 6.92 Å². The number of halogens is 1. The van der Waals surface area contributed by atoms with Crippen LogP contribution in [0.1, 0.15) is 51.5 Å². The Kier molecular flexibility index (Phi) is 5.17. The van der Waals surface area contributed by atoms with Crippen LogP contribution in [0.15, 0.2) is 11.8 Å². The smallest absolute Gasteiger partial charge is 0.331 e. The number of allylic oxidation sites excluding steroid dienone is 1. The third kappa shape index (κ3) is 3.73. The van der Waals surface area contributed by atoms with Crippen molar-refractivity contribution in [2.24, 2.45) is 0 Å². The molecule has 5 nitrogen and oxygen atoms in total. The first-order valence-corrected chi connectivity index (χ1v) is 7.63. The van der Waals surface area contributed by atoms with Gasteiger partial charge in [0.1, 0.15) is 5.82 Å². The first kappa shape index (κ1) is 15.8. The van der Waals surface area contributed by atoms with Crippen LogP contribution in [-0.2, 0) is 4.79 Å². The average molecular weight is 310 g/mol. The van der Waals surface area contributed by atoms with E-state index >= 15 is 0 Å². The number of hydrogen-bond donors (Lipinski definition) is 2. The SMILES string of the molecule is CC/C(C(=O)O)=C(/C)c1cnc(Cl)nc1NC1CCCC1. The first-order valence-electron chi connectivity index (χ1n) is 7.25. The molecule has 0 aromatic carbocycles. The molecule has 0 amide bonds. The Hall–Kier alpha value is -1.62. The Morgan fingerprint density at radius 2 is 2.14 bits per heavy atom. The predicted molar refractivity (Wildman–Crippen MR) is 83.4 cm³/mol. The second kappa shape index (κ2) is 6.89. The molecule has 1 fully saturated rings. The summed E-state index contributed by atoms with van der Waals surface area (Å²) in [5, 5.41) is 12.8. The Labute approximate surface area is 129 Å². The molecule has 0 spiro atoms. The van der Waals surface area contributed by atoms with Crippen LogP contribution in [0, 0.1) is 0 Å². The largest absolute Gasteiger partial charge is 0.478 e. The molecule has 2 rings (SSSR count). The summed E-state index contributed by atoms with van der Waals surface area (Å²) in [5.41, 5.74) is 1.77. The molecule has 114 valence electrons. The Morgan fingerprint density at radius 1 is 1.48 bits per heavy atom. The Morgan fingerprint density at radius 3 is 2.71 bits per heavy atom. The minimum Gasteiger partial charge on any atom is -0.478 e. The highest BCUT2D eigenvalue weighted by Gasteiger charge is 2.20. The van der Waals surface area contributed by atoms with E-state index in [0.717, 1.165) is 12.8 Å². The van der Waals surface area contributed by atoms with Gasteiger partial charge in [0.15, 0.2) is 0 Å². The van der Waals surface area contributed by atoms with E-state index in [9.17, 15) is 9.90 Å². The third-order valence-electron chi connectivity index (χ3n) is 3.92. The maximum Gasteiger partial charge on any atom is 0.331 e. The molecule has 1 heterocycles. The third-order valence-corrected chi connectivity index (χ3v) is 4.11. The molecule has 6 heteroatoms. The molecule has 0 saturated heterocycles. The van der Waals surface area contributed by atoms with Gasteiger partial charge in [-0.1, -0.05) is 19.8 Å². The lowest BCUT2D eigenvalue weighted by Gasteiger charge is -2.17. The lowest BCUT2D eigenvalue weighted by atomic mass is 10.0. The second-order valence-corrected chi connectivity index (χ2v) is 5.63. The number of carboxylic acid groups (broad SMARTS) is 1. The van der Waals surface area contributed by atoms with E-state index in [0.29, 0.717) is 35.0 Å². The number of rotatable bonds is 5. The summed E-state index contributed by atoms with van der Waals surface area (Å²) in [7, 11) is 0. The quantitative estimate of drug-likeness (QED) is 0.640. The molecule has 1 aliphatic carbocycles. The van der Waals surface area contributed by atoms with Gasteiger partial charge >= 0.3 is 5.97 Å². The molecule has 1 aliphatic rings. The topological polar surface area (TPSA) is 75.1 Å². The molecule has 1 aromatic heterocycles. The van der Waals surface area contributed by atoms with Crippen molar-refractivity contribution in [2.45, 2.75) is 52.0 Å². The Balaban J connectivity index is 2.40. The Bertz CT molecular complexity index is 566. The molecule has 0 bridgehead atoms. The summed E-state index contributed by atoms with van der Waals surface area (Å²) in [6, 6.07) is 0.373. The average Bonchev–Trinajstić information content (AvgIpc) is 2.92. The number of nitrogens with zero attached hydrogens (tertiary/aromatic N) is 2. The zero-order chi connectivity index (χ0) is 15.4. The number of carbonyl (C=O) groups is 1. The van der Waals surface area contributed by atoms with Gasteiger partial charge in [-0.25, -0.2) is 14.8 Å². The number of aliphatic carboxylic acids is 1. The molecule has 1 aromatic rings. The molecule has 0 atom stereocenters. The van der Waals surface area contributed by atoms with E-state index in [4.69, 9.17) is 11.6 Å². The van der Waals surface area contributed by atoms with Gasteiger partial charge in [0, 0.05) is 23.4 Å². The highest BCUT2D eigenvalue weighted by molar-refractivity contribution is 6.28. The van der Waals surface area contributed by atoms with Crippen molar-refractivity contribution in [1.82, 2.24) is 9.97 Å². The van der Waals surface area contributed by atoms with Gasteiger partial charge in [-0.05, 0) is 43.4 Å². The van der Waals surface area contributed by atoms with Crippen molar-refractivity contribution < 1.29 is 9.90 Å². The highest BCUT2D eigenvalue weighted by Crippen LogP contribution is 2.29. The van der Waals surface area contributed by atoms with Gasteiger partial charge in [0.25, 0.3) is 0 Å². The maximum absolute atomic E-state index is 11.3. The van der Waals surface area contributed by atoms with Crippen LogP contribution in [0.5, 0.6) is 0 Å². The van der Waals surface area contributed by atoms with E-state index in [1.165, 1.54) is 12.8 Å². The van der Waals surface area contributed by atoms with Gasteiger partial charge in [0.2, 0.25) is 5.28 Å². The fraction of sp³-hybridized carbons (Fsp3) is 0.533. The van der Waals surface area contributed by atoms with Crippen LogP contribution < -0.4 is 5.32 Å². The van der Waals surface area contributed by atoms with Gasteiger partial charge in [-0.3, -0.25) is 0 Å². The molecule has 0 aliphatic heterocycles. The van der Waals surface area contributed by atoms with Crippen LogP contribution >= 0.6 is 11.6 Å². The lowest BCUT2D eigenvalue weighted by Crippen LogP contribution is -2.17. The fourth-order valence-corrected chi connectivity index (χ4v) is 2.88. The molecule has 0 radical (unpaired) electrons. The summed E-state index contributed by atoms with van der Waals surface area (Å²) in [6.07, 6.45) is 6.66. The van der Waals surface area contributed by atoms with E-state index < -0.39 is 5.97 Å². The zero-order valence-electron chi connectivity index (χ0n) is 12.3. The minimum absolute atomic E-state index is 0.167. The minimum atomic E-state index is -0.906. The molecule has 21 heavy (non-hydrogen) atoms. The van der Waals surface area contributed by atoms with Crippen molar-refractivity contribution in [2.75, 3.05) is 5.32 Å². The van der Waals surface area contributed by atoms with Crippen LogP contribution in [0.2, 0.25) is 5.28 Å². The lowest BCUT2D eigenvalue weighted by molar-refractivity contribution is -0.132. The van der Waals surface area contributed by atoms with Gasteiger partial charge in [0.05, 0.1) is 0 Å². The number of carboxylic acids is 1. The molecular formula is C15H20ClN3O2. The van der Waals surface area contributed by atoms with Crippen LogP contribution in [0.25, 0.3) is 5.57 Å². The van der Waals surface area contributed by atoms with Crippen molar-refractivity contribution in [1.29, 1.82) is 0 Å². The monoisotopic (exact) mass is 309 g/mol. The summed E-state index contributed by atoms with van der Waals surface area (Å²) >= 11 is 5.89. The fourth-order valence-electron chi connectivity index (χ4n) is 2.75. The molecular weight excluding hydrogens is 290 g/mol. The predicted octanol–water partition coefficient (Wildman–Crippen LogP) is 3.75. The van der Waals surface area contributed by atoms with Crippen LogP contribution in [0.4, 0.5) is 5.82 Å². The van der Waals surface area contributed by atoms with Crippen molar-refractivity contribution in [3.8, 4) is 0 Å². The van der Waals surface area contributed by atoms with Gasteiger partial charge in [-0.2, -0.15) is 0 Å². The summed E-state index contributed by atoms with van der Waals surface area (Å²) in [4.78, 5) is 19.6. The van der Waals surface area contributed by atoms with Crippen LogP contribution in [-0.4, -0.2) is 27.1 Å².